The Morgan fingerprint density at radius 1 is 0.839 bits per heavy atom. The molecule has 4 aromatic rings. The Balaban J connectivity index is 0.000000152. The molecule has 2 aromatic heterocycles. The minimum atomic E-state index is -0.335. The molecule has 1 aliphatic heterocycles. The van der Waals surface area contributed by atoms with Gasteiger partial charge in [-0.25, -0.2) is 9.97 Å². The first-order valence-corrected chi connectivity index (χ1v) is 9.73. The fourth-order valence-corrected chi connectivity index (χ4v) is 3.34. The van der Waals surface area contributed by atoms with E-state index in [0.717, 1.165) is 11.0 Å². The first kappa shape index (κ1) is 20.6. The van der Waals surface area contributed by atoms with Crippen molar-refractivity contribution in [2.75, 3.05) is 13.2 Å². The second-order valence-electron chi connectivity index (χ2n) is 6.73. The molecule has 0 bridgehead atoms. The maximum Gasteiger partial charge on any atom is 0.269 e. The number of carbonyl (C=O) groups is 1. The fourth-order valence-electron chi connectivity index (χ4n) is 3.34. The number of para-hydroxylation sites is 4. The lowest BCUT2D eigenvalue weighted by atomic mass is 10.3. The largest absolute Gasteiger partial charge is 0.348 e. The number of rotatable bonds is 4. The first-order chi connectivity index (χ1) is 15.2. The minimum Gasteiger partial charge on any atom is -0.348 e. The maximum absolute atomic E-state index is 11.8. The second-order valence-corrected chi connectivity index (χ2v) is 6.73. The van der Waals surface area contributed by atoms with E-state index in [2.05, 4.69) is 9.97 Å². The van der Waals surface area contributed by atoms with Crippen LogP contribution < -0.4 is 11.1 Å². The molecule has 0 amide bonds. The van der Waals surface area contributed by atoms with E-state index in [1.54, 1.807) is 16.7 Å². The summed E-state index contributed by atoms with van der Waals surface area (Å²) in [6.07, 6.45) is 2.93. The molecule has 0 saturated carbocycles. The smallest absolute Gasteiger partial charge is 0.269 e. The first-order valence-electron chi connectivity index (χ1n) is 9.73. The third kappa shape index (κ3) is 4.57. The van der Waals surface area contributed by atoms with Crippen LogP contribution in [0.4, 0.5) is 0 Å². The van der Waals surface area contributed by atoms with Crippen LogP contribution in [0.25, 0.3) is 22.1 Å². The zero-order chi connectivity index (χ0) is 21.6. The van der Waals surface area contributed by atoms with Gasteiger partial charge in [-0.05, 0) is 24.3 Å². The molecule has 1 fully saturated rings. The molecule has 31 heavy (non-hydrogen) atoms. The number of hydrogen-bond donors (Lipinski definition) is 0. The van der Waals surface area contributed by atoms with Crippen LogP contribution in [0.5, 0.6) is 0 Å². The third-order valence-corrected chi connectivity index (χ3v) is 4.78. The molecule has 0 N–H and O–H groups in total. The summed E-state index contributed by atoms with van der Waals surface area (Å²) in [7, 11) is 0. The highest BCUT2D eigenvalue weighted by Gasteiger charge is 2.18. The van der Waals surface area contributed by atoms with Gasteiger partial charge < -0.3 is 18.8 Å². The van der Waals surface area contributed by atoms with Crippen molar-refractivity contribution in [3.63, 3.8) is 0 Å². The van der Waals surface area contributed by atoms with Gasteiger partial charge in [0.25, 0.3) is 11.1 Å². The molecule has 158 valence electrons. The van der Waals surface area contributed by atoms with E-state index >= 15 is 0 Å². The predicted octanol–water partition coefficient (Wildman–Crippen LogP) is 1.36. The minimum absolute atomic E-state index is 0.0713. The molecule has 1 aliphatic rings. The summed E-state index contributed by atoms with van der Waals surface area (Å²) >= 11 is 0. The molecule has 5 rings (SSSR count). The number of ether oxygens (including phenoxy) is 2. The topological polar surface area (TPSA) is 105 Å². The number of aromatic nitrogens is 4. The Morgan fingerprint density at radius 3 is 1.94 bits per heavy atom. The Kier molecular flexibility index (Phi) is 6.25. The summed E-state index contributed by atoms with van der Waals surface area (Å²) in [5.74, 6) is 0. The van der Waals surface area contributed by atoms with Gasteiger partial charge in [-0.2, -0.15) is 0 Å². The van der Waals surface area contributed by atoms with Crippen LogP contribution in [0.2, 0.25) is 0 Å². The molecule has 9 heteroatoms. The second kappa shape index (κ2) is 9.41. The highest BCUT2D eigenvalue weighted by molar-refractivity contribution is 5.75. The Hall–Kier alpha value is -3.69. The van der Waals surface area contributed by atoms with Crippen molar-refractivity contribution >= 4 is 28.4 Å². The van der Waals surface area contributed by atoms with Crippen molar-refractivity contribution in [3.8, 4) is 0 Å². The Morgan fingerprint density at radius 2 is 1.35 bits per heavy atom. The number of nitrogens with zero attached hydrogens (tertiary/aromatic N) is 4. The van der Waals surface area contributed by atoms with Gasteiger partial charge in [-0.15, -0.1) is 0 Å². The lowest BCUT2D eigenvalue weighted by Gasteiger charge is -2.13. The molecule has 1 saturated heterocycles. The summed E-state index contributed by atoms with van der Waals surface area (Å²) in [5, 5.41) is 0. The van der Waals surface area contributed by atoms with Gasteiger partial charge in [0.1, 0.15) is 6.29 Å². The summed E-state index contributed by atoms with van der Waals surface area (Å²) < 4.78 is 13.8. The number of fused-ring (bicyclic) bond motifs is 2. The SMILES string of the molecule is O=CCn1c(=O)cnc2ccccc21.O=c1cnc2ccccc2n1CC1OCCO1. The van der Waals surface area contributed by atoms with Crippen LogP contribution >= 0.6 is 0 Å². The van der Waals surface area contributed by atoms with Crippen molar-refractivity contribution in [1.29, 1.82) is 0 Å². The zero-order valence-corrected chi connectivity index (χ0v) is 16.6. The number of aldehydes is 1. The van der Waals surface area contributed by atoms with E-state index in [1.165, 1.54) is 17.0 Å². The van der Waals surface area contributed by atoms with E-state index in [-0.39, 0.29) is 24.0 Å². The summed E-state index contributed by atoms with van der Waals surface area (Å²) in [6.45, 7) is 1.65. The van der Waals surface area contributed by atoms with Gasteiger partial charge in [0.05, 0.1) is 60.8 Å². The predicted molar refractivity (Wildman–Crippen MR) is 114 cm³/mol. The van der Waals surface area contributed by atoms with E-state index in [1.807, 2.05) is 36.4 Å². The molecule has 0 atom stereocenters. The van der Waals surface area contributed by atoms with Crippen molar-refractivity contribution in [1.82, 2.24) is 19.1 Å². The lowest BCUT2D eigenvalue weighted by Crippen LogP contribution is -2.27. The fraction of sp³-hybridized carbons (Fsp3) is 0.227. The highest BCUT2D eigenvalue weighted by Crippen LogP contribution is 2.12. The van der Waals surface area contributed by atoms with E-state index in [9.17, 15) is 14.4 Å². The van der Waals surface area contributed by atoms with E-state index < -0.39 is 0 Å². The number of benzene rings is 2. The summed E-state index contributed by atoms with van der Waals surface area (Å²) in [4.78, 5) is 41.6. The Bertz CT molecular complexity index is 1320. The lowest BCUT2D eigenvalue weighted by molar-refractivity contribution is -0.108. The van der Waals surface area contributed by atoms with Crippen LogP contribution in [-0.4, -0.2) is 44.9 Å². The summed E-state index contributed by atoms with van der Waals surface area (Å²) in [5.41, 5.74) is 2.61. The van der Waals surface area contributed by atoms with Gasteiger partial charge in [0.15, 0.2) is 6.29 Å². The van der Waals surface area contributed by atoms with Crippen molar-refractivity contribution in [2.24, 2.45) is 0 Å². The van der Waals surface area contributed by atoms with Gasteiger partial charge in [-0.3, -0.25) is 14.2 Å². The molecule has 0 aliphatic carbocycles. The van der Waals surface area contributed by atoms with E-state index in [4.69, 9.17) is 9.47 Å². The van der Waals surface area contributed by atoms with Crippen LogP contribution in [0.1, 0.15) is 0 Å². The molecule has 0 unspecified atom stereocenters. The average Bonchev–Trinajstić information content (AvgIpc) is 3.32. The molecular formula is C22H20N4O5. The van der Waals surface area contributed by atoms with Gasteiger partial charge in [0, 0.05) is 0 Å². The number of hydrogen-bond acceptors (Lipinski definition) is 7. The molecule has 9 nitrogen and oxygen atoms in total. The van der Waals surface area contributed by atoms with Crippen LogP contribution in [-0.2, 0) is 27.4 Å². The van der Waals surface area contributed by atoms with Crippen LogP contribution in [0, 0.1) is 0 Å². The molecule has 2 aromatic carbocycles. The van der Waals surface area contributed by atoms with Crippen LogP contribution in [0.15, 0.2) is 70.5 Å². The normalized spacial score (nSPS) is 13.8. The molecule has 0 spiro atoms. The molecule has 3 heterocycles. The Labute approximate surface area is 176 Å². The van der Waals surface area contributed by atoms with Crippen LogP contribution in [0.3, 0.4) is 0 Å². The van der Waals surface area contributed by atoms with Crippen molar-refractivity contribution in [3.05, 3.63) is 81.6 Å². The highest BCUT2D eigenvalue weighted by atomic mass is 16.7. The average molecular weight is 420 g/mol. The van der Waals surface area contributed by atoms with Gasteiger partial charge in [0.2, 0.25) is 0 Å². The van der Waals surface area contributed by atoms with Gasteiger partial charge in [-0.1, -0.05) is 24.3 Å². The number of carbonyl (C=O) groups excluding carboxylic acids is 1. The maximum atomic E-state index is 11.8. The quantitative estimate of drug-likeness (QED) is 0.459. The van der Waals surface area contributed by atoms with E-state index in [0.29, 0.717) is 37.1 Å². The molecule has 0 radical (unpaired) electrons. The monoisotopic (exact) mass is 420 g/mol. The van der Waals surface area contributed by atoms with Crippen molar-refractivity contribution in [2.45, 2.75) is 19.4 Å². The summed E-state index contributed by atoms with van der Waals surface area (Å²) in [6, 6.07) is 14.8. The van der Waals surface area contributed by atoms with Crippen molar-refractivity contribution < 1.29 is 14.3 Å². The third-order valence-electron chi connectivity index (χ3n) is 4.78. The standard InChI is InChI=1S/C12H12N2O3.C10H8N2O2/c15-11-7-13-9-3-1-2-4-10(9)14(11)8-12-16-5-6-17-12;13-6-5-12-9-4-2-1-3-8(9)11-7-10(12)14/h1-4,7,12H,5-6,8H2;1-4,6-7H,5H2. The zero-order valence-electron chi connectivity index (χ0n) is 16.6. The van der Waals surface area contributed by atoms with Gasteiger partial charge >= 0.3 is 0 Å². The molecular weight excluding hydrogens is 400 g/mol.